The molecule has 1 N–H and O–H groups in total. The highest BCUT2D eigenvalue weighted by Crippen LogP contribution is 2.30. The minimum Gasteiger partial charge on any atom is -0.370 e. The predicted molar refractivity (Wildman–Crippen MR) is 70.2 cm³/mol. The average molecular weight is 318 g/mol. The average Bonchev–Trinajstić information content (AvgIpc) is 2.88. The fourth-order valence-corrected chi connectivity index (χ4v) is 2.26. The van der Waals surface area contributed by atoms with Gasteiger partial charge >= 0.3 is 6.18 Å². The van der Waals surface area contributed by atoms with Crippen LogP contribution in [-0.2, 0) is 12.6 Å². The second-order valence-electron chi connectivity index (χ2n) is 3.96. The number of nitrogens with zero attached hydrogens (tertiary/aromatic N) is 3. The molecule has 112 valence electrons. The zero-order chi connectivity index (χ0) is 15.5. The Labute approximate surface area is 120 Å². The summed E-state index contributed by atoms with van der Waals surface area (Å²) < 4.78 is 37.1. The van der Waals surface area contributed by atoms with Gasteiger partial charge in [-0.3, -0.25) is 10.1 Å². The van der Waals surface area contributed by atoms with Gasteiger partial charge in [-0.15, -0.1) is 11.3 Å². The lowest BCUT2D eigenvalue weighted by molar-refractivity contribution is -0.385. The van der Waals surface area contributed by atoms with Crippen LogP contribution in [0.4, 0.5) is 24.7 Å². The third-order valence-corrected chi connectivity index (χ3v) is 3.35. The zero-order valence-electron chi connectivity index (χ0n) is 10.4. The van der Waals surface area contributed by atoms with Crippen LogP contribution in [0.5, 0.6) is 0 Å². The van der Waals surface area contributed by atoms with Gasteiger partial charge in [0.05, 0.1) is 9.93 Å². The van der Waals surface area contributed by atoms with E-state index in [9.17, 15) is 23.3 Å². The Hall–Kier alpha value is -2.23. The number of pyridine rings is 1. The summed E-state index contributed by atoms with van der Waals surface area (Å²) >= 11 is 0.937. The third-order valence-electron chi connectivity index (χ3n) is 2.45. The van der Waals surface area contributed by atoms with Crippen molar-refractivity contribution in [3.63, 3.8) is 0 Å². The van der Waals surface area contributed by atoms with E-state index in [-0.39, 0.29) is 5.69 Å². The summed E-state index contributed by atoms with van der Waals surface area (Å²) in [6, 6.07) is 2.72. The number of aromatic nitrogens is 2. The number of thiazole rings is 1. The van der Waals surface area contributed by atoms with Gasteiger partial charge in [-0.05, 0) is 6.07 Å². The molecule has 0 aliphatic heterocycles. The van der Waals surface area contributed by atoms with E-state index < -0.39 is 16.8 Å². The molecule has 0 atom stereocenters. The van der Waals surface area contributed by atoms with Crippen molar-refractivity contribution in [3.05, 3.63) is 44.5 Å². The number of hydrogen-bond acceptors (Lipinski definition) is 6. The van der Waals surface area contributed by atoms with Crippen LogP contribution in [0.15, 0.2) is 23.7 Å². The van der Waals surface area contributed by atoms with Gasteiger partial charge in [0.25, 0.3) is 5.69 Å². The Morgan fingerprint density at radius 2 is 2.14 bits per heavy atom. The SMILES string of the molecule is O=[N+]([O-])c1ccc(NCCc2nc(C(F)(F)F)cs2)nc1. The lowest BCUT2D eigenvalue weighted by atomic mass is 10.4. The maximum atomic E-state index is 12.4. The van der Waals surface area contributed by atoms with E-state index in [0.717, 1.165) is 22.9 Å². The summed E-state index contributed by atoms with van der Waals surface area (Å²) in [5.74, 6) is 0.410. The van der Waals surface area contributed by atoms with Crippen LogP contribution < -0.4 is 5.32 Å². The minimum absolute atomic E-state index is 0.129. The Balaban J connectivity index is 1.86. The maximum absolute atomic E-state index is 12.4. The molecular weight excluding hydrogens is 309 g/mol. The smallest absolute Gasteiger partial charge is 0.370 e. The first-order valence-corrected chi connectivity index (χ1v) is 6.60. The van der Waals surface area contributed by atoms with E-state index >= 15 is 0 Å². The van der Waals surface area contributed by atoms with Gasteiger partial charge in [0.2, 0.25) is 0 Å². The molecule has 0 fully saturated rings. The van der Waals surface area contributed by atoms with Gasteiger partial charge in [0, 0.05) is 24.4 Å². The molecule has 6 nitrogen and oxygen atoms in total. The molecule has 21 heavy (non-hydrogen) atoms. The molecule has 0 unspecified atom stereocenters. The molecule has 2 heterocycles. The monoisotopic (exact) mass is 318 g/mol. The molecule has 2 aromatic heterocycles. The quantitative estimate of drug-likeness (QED) is 0.676. The molecule has 0 saturated carbocycles. The highest BCUT2D eigenvalue weighted by Gasteiger charge is 2.33. The summed E-state index contributed by atoms with van der Waals surface area (Å²) in [7, 11) is 0. The number of nitrogens with one attached hydrogen (secondary N) is 1. The second-order valence-corrected chi connectivity index (χ2v) is 4.90. The van der Waals surface area contributed by atoms with Gasteiger partial charge in [0.15, 0.2) is 5.69 Å². The summed E-state index contributed by atoms with van der Waals surface area (Å²) in [5, 5.41) is 14.6. The number of hydrogen-bond donors (Lipinski definition) is 1. The molecule has 2 rings (SSSR count). The van der Waals surface area contributed by atoms with Gasteiger partial charge < -0.3 is 5.32 Å². The van der Waals surface area contributed by atoms with Crippen molar-refractivity contribution < 1.29 is 18.1 Å². The van der Waals surface area contributed by atoms with Crippen LogP contribution in [0.2, 0.25) is 0 Å². The maximum Gasteiger partial charge on any atom is 0.434 e. The van der Waals surface area contributed by atoms with Crippen LogP contribution >= 0.6 is 11.3 Å². The molecule has 0 amide bonds. The first-order valence-electron chi connectivity index (χ1n) is 5.72. The topological polar surface area (TPSA) is 81.0 Å². The van der Waals surface area contributed by atoms with E-state index in [4.69, 9.17) is 0 Å². The number of alkyl halides is 3. The summed E-state index contributed by atoms with van der Waals surface area (Å²) in [5.41, 5.74) is -1.02. The van der Waals surface area contributed by atoms with Crippen molar-refractivity contribution >= 4 is 22.8 Å². The van der Waals surface area contributed by atoms with E-state index in [1.54, 1.807) is 0 Å². The molecule has 2 aromatic rings. The lowest BCUT2D eigenvalue weighted by Crippen LogP contribution is -2.08. The fraction of sp³-hybridized carbons (Fsp3) is 0.273. The summed E-state index contributed by atoms with van der Waals surface area (Å²) in [4.78, 5) is 17.2. The first kappa shape index (κ1) is 15.2. The molecular formula is C11H9F3N4O2S. The minimum atomic E-state index is -4.43. The normalized spacial score (nSPS) is 11.4. The predicted octanol–water partition coefficient (Wildman–Crippen LogP) is 3.12. The largest absolute Gasteiger partial charge is 0.434 e. The molecule has 10 heteroatoms. The zero-order valence-corrected chi connectivity index (χ0v) is 11.2. The summed E-state index contributed by atoms with van der Waals surface area (Å²) in [6.45, 7) is 0.329. The van der Waals surface area contributed by atoms with Crippen molar-refractivity contribution in [1.82, 2.24) is 9.97 Å². The van der Waals surface area contributed by atoms with Gasteiger partial charge in [0.1, 0.15) is 12.0 Å². The molecule has 0 radical (unpaired) electrons. The molecule has 0 aromatic carbocycles. The molecule has 0 bridgehead atoms. The van der Waals surface area contributed by atoms with Crippen molar-refractivity contribution in [3.8, 4) is 0 Å². The standard InChI is InChI=1S/C11H9F3N4O2S/c12-11(13,14)8-6-21-10(17-8)3-4-15-9-2-1-7(5-16-9)18(19)20/h1-2,5-6H,3-4H2,(H,15,16). The molecule has 0 spiro atoms. The van der Waals surface area contributed by atoms with Gasteiger partial charge in [-0.25, -0.2) is 9.97 Å². The Morgan fingerprint density at radius 1 is 1.38 bits per heavy atom. The highest BCUT2D eigenvalue weighted by molar-refractivity contribution is 7.09. The van der Waals surface area contributed by atoms with Gasteiger partial charge in [-0.1, -0.05) is 0 Å². The van der Waals surface area contributed by atoms with Crippen LogP contribution in [-0.4, -0.2) is 21.4 Å². The van der Waals surface area contributed by atoms with Crippen LogP contribution in [0.1, 0.15) is 10.7 Å². The number of halogens is 3. The highest BCUT2D eigenvalue weighted by atomic mass is 32.1. The molecule has 0 aliphatic rings. The van der Waals surface area contributed by atoms with Crippen molar-refractivity contribution in [2.45, 2.75) is 12.6 Å². The first-order chi connectivity index (χ1) is 9.86. The molecule has 0 aliphatic carbocycles. The van der Waals surface area contributed by atoms with Crippen molar-refractivity contribution in [2.24, 2.45) is 0 Å². The van der Waals surface area contributed by atoms with Crippen LogP contribution in [0.3, 0.4) is 0 Å². The Morgan fingerprint density at radius 3 is 2.67 bits per heavy atom. The number of rotatable bonds is 5. The van der Waals surface area contributed by atoms with E-state index in [1.807, 2.05) is 0 Å². The lowest BCUT2D eigenvalue weighted by Gasteiger charge is -2.03. The van der Waals surface area contributed by atoms with Crippen LogP contribution in [0, 0.1) is 10.1 Å². The third kappa shape index (κ3) is 4.12. The van der Waals surface area contributed by atoms with Crippen LogP contribution in [0.25, 0.3) is 0 Å². The van der Waals surface area contributed by atoms with E-state index in [2.05, 4.69) is 15.3 Å². The number of anilines is 1. The van der Waals surface area contributed by atoms with E-state index in [0.29, 0.717) is 23.8 Å². The summed E-state index contributed by atoms with van der Waals surface area (Å²) in [6.07, 6.45) is -3.02. The van der Waals surface area contributed by atoms with E-state index in [1.165, 1.54) is 12.1 Å². The second kappa shape index (κ2) is 6.04. The Bertz CT molecular complexity index is 627. The fourth-order valence-electron chi connectivity index (χ4n) is 1.45. The Kier molecular flexibility index (Phi) is 4.36. The van der Waals surface area contributed by atoms with Gasteiger partial charge in [-0.2, -0.15) is 13.2 Å². The molecule has 0 saturated heterocycles. The van der Waals surface area contributed by atoms with Crippen molar-refractivity contribution in [1.29, 1.82) is 0 Å². The number of nitro groups is 1. The van der Waals surface area contributed by atoms with Crippen molar-refractivity contribution in [2.75, 3.05) is 11.9 Å².